The van der Waals surface area contributed by atoms with Crippen molar-refractivity contribution < 1.29 is 12.6 Å². The highest BCUT2D eigenvalue weighted by Crippen LogP contribution is 2.26. The van der Waals surface area contributed by atoms with Gasteiger partial charge in [0.1, 0.15) is 11.5 Å². The molecule has 0 fully saturated rings. The van der Waals surface area contributed by atoms with Crippen LogP contribution in [0.5, 0.6) is 5.75 Å². The molecule has 0 radical (unpaired) electrons. The summed E-state index contributed by atoms with van der Waals surface area (Å²) >= 11 is 3.41. The third-order valence-corrected chi connectivity index (χ3v) is 6.16. The number of benzene rings is 3. The lowest BCUT2D eigenvalue weighted by molar-refractivity contribution is 0.477. The van der Waals surface area contributed by atoms with E-state index >= 15 is 0 Å². The van der Waals surface area contributed by atoms with E-state index in [-0.39, 0.29) is 23.6 Å². The van der Waals surface area contributed by atoms with Gasteiger partial charge in [-0.15, -0.1) is 0 Å². The summed E-state index contributed by atoms with van der Waals surface area (Å²) in [5.41, 5.74) is 1.09. The average molecular weight is 485 g/mol. The van der Waals surface area contributed by atoms with E-state index in [9.17, 15) is 13.2 Å². The number of rotatable bonds is 6. The first-order valence-electron chi connectivity index (χ1n) is 9.16. The fraction of sp³-hybridized carbons (Fsp3) is 0.0909. The summed E-state index contributed by atoms with van der Waals surface area (Å²) < 4.78 is 32.0. The highest BCUT2D eigenvalue weighted by molar-refractivity contribution is 9.10. The molecule has 0 aliphatic heterocycles. The van der Waals surface area contributed by atoms with E-state index in [1.807, 2.05) is 36.4 Å². The molecule has 3 aromatic carbocycles. The quantitative estimate of drug-likeness (QED) is 0.382. The largest absolute Gasteiger partial charge is 0.382 e. The van der Waals surface area contributed by atoms with Gasteiger partial charge in [0.15, 0.2) is 0 Å². The number of halogens is 1. The van der Waals surface area contributed by atoms with Gasteiger partial charge in [0.2, 0.25) is 0 Å². The first kappa shape index (κ1) is 20.3. The zero-order chi connectivity index (χ0) is 21.1. The summed E-state index contributed by atoms with van der Waals surface area (Å²) in [6.45, 7) is -0.123. The molecule has 0 spiro atoms. The molecule has 8 heteroatoms. The van der Waals surface area contributed by atoms with E-state index in [1.54, 1.807) is 42.5 Å². The first-order chi connectivity index (χ1) is 14.4. The number of aromatic nitrogens is 2. The zero-order valence-electron chi connectivity index (χ0n) is 15.7. The molecule has 1 heterocycles. The fourth-order valence-corrected chi connectivity index (χ4v) is 4.22. The summed E-state index contributed by atoms with van der Waals surface area (Å²) in [6.07, 6.45) is 0. The Morgan fingerprint density at radius 1 is 0.867 bits per heavy atom. The van der Waals surface area contributed by atoms with Gasteiger partial charge >= 0.3 is 10.1 Å². The molecule has 0 amide bonds. The highest BCUT2D eigenvalue weighted by atomic mass is 79.9. The molecule has 0 unspecified atom stereocenters. The van der Waals surface area contributed by atoms with Crippen LogP contribution in [0.4, 0.5) is 0 Å². The van der Waals surface area contributed by atoms with Gasteiger partial charge in [0.05, 0.1) is 17.6 Å². The van der Waals surface area contributed by atoms with Crippen molar-refractivity contribution in [1.82, 2.24) is 9.78 Å². The van der Waals surface area contributed by atoms with Crippen LogP contribution in [-0.4, -0.2) is 24.0 Å². The molecule has 0 saturated carbocycles. The molecule has 4 aromatic rings. The van der Waals surface area contributed by atoms with Crippen molar-refractivity contribution in [3.8, 4) is 17.0 Å². The average Bonchev–Trinajstić information content (AvgIpc) is 2.75. The van der Waals surface area contributed by atoms with Crippen LogP contribution in [0.15, 0.2) is 88.1 Å². The molecule has 4 rings (SSSR count). The molecule has 1 aromatic heterocycles. The van der Waals surface area contributed by atoms with Crippen molar-refractivity contribution in [2.75, 3.05) is 5.75 Å². The Kier molecular flexibility index (Phi) is 5.69. The van der Waals surface area contributed by atoms with Crippen LogP contribution in [0.2, 0.25) is 0 Å². The van der Waals surface area contributed by atoms with E-state index in [0.717, 1.165) is 10.0 Å². The Morgan fingerprint density at radius 2 is 1.50 bits per heavy atom. The maximum absolute atomic E-state index is 12.9. The first-order valence-corrected chi connectivity index (χ1v) is 11.5. The van der Waals surface area contributed by atoms with Crippen LogP contribution in [-0.2, 0) is 16.7 Å². The third-order valence-electron chi connectivity index (χ3n) is 4.50. The van der Waals surface area contributed by atoms with Crippen LogP contribution in [0.1, 0.15) is 0 Å². The lowest BCUT2D eigenvalue weighted by Crippen LogP contribution is -2.28. The Morgan fingerprint density at radius 3 is 2.20 bits per heavy atom. The molecule has 0 N–H and O–H groups in total. The Labute approximate surface area is 182 Å². The second kappa shape index (κ2) is 8.41. The Balaban J connectivity index is 1.70. The Hall–Kier alpha value is -2.97. The van der Waals surface area contributed by atoms with Crippen molar-refractivity contribution >= 4 is 36.8 Å². The van der Waals surface area contributed by atoms with Crippen molar-refractivity contribution in [2.45, 2.75) is 6.54 Å². The van der Waals surface area contributed by atoms with E-state index in [1.165, 1.54) is 4.68 Å². The summed E-state index contributed by atoms with van der Waals surface area (Å²) in [5, 5.41) is 5.67. The van der Waals surface area contributed by atoms with Gasteiger partial charge in [-0.2, -0.15) is 13.5 Å². The number of hydrogen-bond acceptors (Lipinski definition) is 5. The predicted molar refractivity (Wildman–Crippen MR) is 120 cm³/mol. The second-order valence-electron chi connectivity index (χ2n) is 6.59. The summed E-state index contributed by atoms with van der Waals surface area (Å²) in [6, 6.07) is 23.0. The second-order valence-corrected chi connectivity index (χ2v) is 9.19. The normalized spacial score (nSPS) is 11.5. The van der Waals surface area contributed by atoms with Crippen molar-refractivity contribution in [3.63, 3.8) is 0 Å². The lowest BCUT2D eigenvalue weighted by Gasteiger charge is -2.12. The molecular weight excluding hydrogens is 468 g/mol. The van der Waals surface area contributed by atoms with Crippen molar-refractivity contribution in [3.05, 3.63) is 93.7 Å². The summed E-state index contributed by atoms with van der Waals surface area (Å²) in [7, 11) is -3.89. The van der Waals surface area contributed by atoms with Crippen LogP contribution in [0, 0.1) is 0 Å². The fourth-order valence-electron chi connectivity index (χ4n) is 3.07. The predicted octanol–water partition coefficient (Wildman–Crippen LogP) is 4.23. The molecular formula is C22H17BrN2O4S. The molecule has 0 aliphatic carbocycles. The Bertz CT molecular complexity index is 1350. The third kappa shape index (κ3) is 4.44. The van der Waals surface area contributed by atoms with E-state index in [0.29, 0.717) is 16.5 Å². The minimum Gasteiger partial charge on any atom is -0.382 e. The molecule has 0 bridgehead atoms. The van der Waals surface area contributed by atoms with Gasteiger partial charge in [-0.3, -0.25) is 4.79 Å². The van der Waals surface area contributed by atoms with E-state index in [2.05, 4.69) is 21.0 Å². The van der Waals surface area contributed by atoms with Gasteiger partial charge < -0.3 is 4.18 Å². The lowest BCUT2D eigenvalue weighted by atomic mass is 10.1. The minimum atomic E-state index is -3.89. The maximum Gasteiger partial charge on any atom is 0.311 e. The number of hydrogen-bond donors (Lipinski definition) is 0. The monoisotopic (exact) mass is 484 g/mol. The molecule has 0 saturated heterocycles. The molecule has 0 atom stereocenters. The summed E-state index contributed by atoms with van der Waals surface area (Å²) in [5.74, 6) is -0.153. The molecule has 152 valence electrons. The number of fused-ring (bicyclic) bond motifs is 1. The number of nitrogens with zero attached hydrogens (tertiary/aromatic N) is 2. The molecule has 0 aliphatic rings. The van der Waals surface area contributed by atoms with Gasteiger partial charge in [-0.25, -0.2) is 4.68 Å². The number of aryl methyl sites for hydroxylation is 1. The topological polar surface area (TPSA) is 78.3 Å². The van der Waals surface area contributed by atoms with Gasteiger partial charge in [-0.05, 0) is 30.3 Å². The van der Waals surface area contributed by atoms with Crippen LogP contribution < -0.4 is 9.74 Å². The van der Waals surface area contributed by atoms with Gasteiger partial charge in [0, 0.05) is 15.4 Å². The molecule has 6 nitrogen and oxygen atoms in total. The van der Waals surface area contributed by atoms with E-state index in [4.69, 9.17) is 4.18 Å². The maximum atomic E-state index is 12.9. The minimum absolute atomic E-state index is 0.123. The van der Waals surface area contributed by atoms with Gasteiger partial charge in [-0.1, -0.05) is 64.5 Å². The van der Waals surface area contributed by atoms with E-state index < -0.39 is 10.1 Å². The van der Waals surface area contributed by atoms with Crippen molar-refractivity contribution in [2.24, 2.45) is 0 Å². The smallest absolute Gasteiger partial charge is 0.311 e. The SMILES string of the molecule is O=c1c2ccccc2c(-c2ccc(Br)cc2)nn1CCS(=O)(=O)Oc1ccccc1. The highest BCUT2D eigenvalue weighted by Gasteiger charge is 2.17. The van der Waals surface area contributed by atoms with Crippen LogP contribution in [0.25, 0.3) is 22.0 Å². The number of para-hydroxylation sites is 1. The van der Waals surface area contributed by atoms with Crippen molar-refractivity contribution in [1.29, 1.82) is 0 Å². The zero-order valence-corrected chi connectivity index (χ0v) is 18.1. The van der Waals surface area contributed by atoms with Crippen LogP contribution in [0.3, 0.4) is 0 Å². The summed E-state index contributed by atoms with van der Waals surface area (Å²) in [4.78, 5) is 12.9. The van der Waals surface area contributed by atoms with Crippen LogP contribution >= 0.6 is 15.9 Å². The standard InChI is InChI=1S/C22H17BrN2O4S/c23-17-12-10-16(11-13-17)21-19-8-4-5-9-20(19)22(26)25(24-21)14-15-30(27,28)29-18-6-2-1-3-7-18/h1-13H,14-15H2. The van der Waals surface area contributed by atoms with Gasteiger partial charge in [0.25, 0.3) is 5.56 Å². The molecule has 30 heavy (non-hydrogen) atoms.